The fourth-order valence-corrected chi connectivity index (χ4v) is 6.25. The monoisotopic (exact) mass is 449 g/mol. The highest BCUT2D eigenvalue weighted by atomic mass is 35.5. The lowest BCUT2D eigenvalue weighted by atomic mass is 10.1. The number of nitrogens with one attached hydrogen (secondary N) is 1. The van der Waals surface area contributed by atoms with E-state index in [-0.39, 0.29) is 10.6 Å². The number of anilines is 1. The zero-order valence-corrected chi connectivity index (χ0v) is 18.9. The fourth-order valence-electron chi connectivity index (χ4n) is 3.08. The predicted molar refractivity (Wildman–Crippen MR) is 120 cm³/mol. The lowest BCUT2D eigenvalue weighted by Gasteiger charge is -2.20. The van der Waals surface area contributed by atoms with Crippen LogP contribution in [0.1, 0.15) is 26.4 Å². The zero-order chi connectivity index (χ0) is 21.3. The van der Waals surface area contributed by atoms with E-state index in [4.69, 9.17) is 16.1 Å². The molecule has 0 spiro atoms. The first-order valence-electron chi connectivity index (χ1n) is 8.80. The average molecular weight is 450 g/mol. The highest BCUT2D eigenvalue weighted by molar-refractivity contribution is 7.68. The van der Waals surface area contributed by atoms with Crippen LogP contribution in [0.15, 0.2) is 42.5 Å². The Kier molecular flexibility index (Phi) is 6.20. The van der Waals surface area contributed by atoms with Gasteiger partial charge in [0.1, 0.15) is 4.88 Å². The molecule has 0 aliphatic carbocycles. The molecule has 0 saturated heterocycles. The van der Waals surface area contributed by atoms with Crippen molar-refractivity contribution in [1.82, 2.24) is 0 Å². The highest BCUT2D eigenvalue weighted by Crippen LogP contribution is 2.49. The SMILES string of the molecule is COP(=O)(Nc1cc(-c2ccc(C)cc2Cl)sc1C(=O)O)c1ccc(C)cc1C. The molecule has 0 fully saturated rings. The summed E-state index contributed by atoms with van der Waals surface area (Å²) < 4.78 is 18.9. The maximum absolute atomic E-state index is 13.6. The quantitative estimate of drug-likeness (QED) is 0.434. The molecule has 2 aromatic carbocycles. The van der Waals surface area contributed by atoms with Gasteiger partial charge in [-0.05, 0) is 50.1 Å². The molecule has 0 bridgehead atoms. The molecule has 152 valence electrons. The number of aromatic carboxylic acids is 1. The van der Waals surface area contributed by atoms with Crippen LogP contribution in [-0.4, -0.2) is 18.2 Å². The number of hydrogen-bond acceptors (Lipinski definition) is 4. The molecule has 1 heterocycles. The van der Waals surface area contributed by atoms with Gasteiger partial charge in [-0.2, -0.15) is 0 Å². The summed E-state index contributed by atoms with van der Waals surface area (Å²) in [7, 11) is -2.19. The van der Waals surface area contributed by atoms with Crippen molar-refractivity contribution in [1.29, 1.82) is 0 Å². The standard InChI is InChI=1S/C21H21ClNO4PS/c1-12-6-8-18(14(3)9-12)28(26,27-4)23-17-11-19(29-20(17)21(24)25)15-7-5-13(2)10-16(15)22/h5-11H,1-4H3,(H,23,26)(H,24,25). The van der Waals surface area contributed by atoms with E-state index in [1.165, 1.54) is 7.11 Å². The lowest BCUT2D eigenvalue weighted by molar-refractivity contribution is 0.0703. The summed E-state index contributed by atoms with van der Waals surface area (Å²) >= 11 is 7.43. The van der Waals surface area contributed by atoms with Crippen LogP contribution in [0, 0.1) is 20.8 Å². The van der Waals surface area contributed by atoms with E-state index in [1.54, 1.807) is 12.1 Å². The summed E-state index contributed by atoms with van der Waals surface area (Å²) in [6, 6.07) is 12.7. The Morgan fingerprint density at radius 2 is 1.76 bits per heavy atom. The Hall–Kier alpha value is -2.11. The number of hydrogen-bond donors (Lipinski definition) is 2. The Labute approximate surface area is 178 Å². The van der Waals surface area contributed by atoms with Crippen LogP contribution in [0.5, 0.6) is 0 Å². The molecule has 0 amide bonds. The number of halogens is 1. The van der Waals surface area contributed by atoms with Gasteiger partial charge in [-0.15, -0.1) is 11.3 Å². The van der Waals surface area contributed by atoms with Crippen molar-refractivity contribution < 1.29 is 19.0 Å². The molecule has 8 heteroatoms. The van der Waals surface area contributed by atoms with Crippen molar-refractivity contribution in [2.45, 2.75) is 20.8 Å². The van der Waals surface area contributed by atoms with Gasteiger partial charge in [-0.1, -0.05) is 41.4 Å². The van der Waals surface area contributed by atoms with Crippen LogP contribution in [0.25, 0.3) is 10.4 Å². The highest BCUT2D eigenvalue weighted by Gasteiger charge is 2.30. The van der Waals surface area contributed by atoms with Crippen LogP contribution < -0.4 is 10.4 Å². The van der Waals surface area contributed by atoms with Gasteiger partial charge in [-0.25, -0.2) is 4.79 Å². The number of carbonyl (C=O) groups is 1. The topological polar surface area (TPSA) is 75.6 Å². The van der Waals surface area contributed by atoms with Crippen molar-refractivity contribution in [2.24, 2.45) is 0 Å². The molecule has 29 heavy (non-hydrogen) atoms. The smallest absolute Gasteiger partial charge is 0.348 e. The van der Waals surface area contributed by atoms with Crippen molar-refractivity contribution in [2.75, 3.05) is 12.2 Å². The molecular formula is C21H21ClNO4PS. The molecule has 1 aromatic heterocycles. The second kappa shape index (κ2) is 8.33. The van der Waals surface area contributed by atoms with E-state index in [2.05, 4.69) is 5.09 Å². The van der Waals surface area contributed by atoms with Crippen molar-refractivity contribution in [3.05, 3.63) is 69.1 Å². The Morgan fingerprint density at radius 3 is 2.34 bits per heavy atom. The van der Waals surface area contributed by atoms with Gasteiger partial charge in [0.25, 0.3) is 0 Å². The minimum absolute atomic E-state index is 0.0404. The molecule has 0 radical (unpaired) electrons. The summed E-state index contributed by atoms with van der Waals surface area (Å²) in [5.41, 5.74) is 3.80. The van der Waals surface area contributed by atoms with Gasteiger partial charge >= 0.3 is 13.5 Å². The van der Waals surface area contributed by atoms with E-state index in [0.29, 0.717) is 15.2 Å². The Balaban J connectivity index is 2.08. The number of thiophene rings is 1. The van der Waals surface area contributed by atoms with E-state index < -0.39 is 13.5 Å². The van der Waals surface area contributed by atoms with E-state index >= 15 is 0 Å². The van der Waals surface area contributed by atoms with Crippen LogP contribution in [-0.2, 0) is 9.09 Å². The second-order valence-corrected chi connectivity index (χ2v) is 10.4. The molecule has 2 N–H and O–H groups in total. The van der Waals surface area contributed by atoms with E-state index in [0.717, 1.165) is 33.6 Å². The molecule has 1 atom stereocenters. The van der Waals surface area contributed by atoms with Gasteiger partial charge in [0.05, 0.1) is 11.0 Å². The van der Waals surface area contributed by atoms with Gasteiger partial charge in [0.15, 0.2) is 0 Å². The van der Waals surface area contributed by atoms with Crippen LogP contribution in [0.3, 0.4) is 0 Å². The third-order valence-corrected chi connectivity index (χ3v) is 8.17. The molecule has 1 unspecified atom stereocenters. The van der Waals surface area contributed by atoms with Gasteiger partial charge in [0.2, 0.25) is 0 Å². The van der Waals surface area contributed by atoms with E-state index in [1.807, 2.05) is 51.1 Å². The van der Waals surface area contributed by atoms with Gasteiger partial charge < -0.3 is 14.7 Å². The molecule has 3 aromatic rings. The van der Waals surface area contributed by atoms with Crippen LogP contribution in [0.2, 0.25) is 5.02 Å². The normalized spacial score (nSPS) is 13.1. The van der Waals surface area contributed by atoms with Gasteiger partial charge in [0, 0.05) is 22.6 Å². The summed E-state index contributed by atoms with van der Waals surface area (Å²) in [6.45, 7) is 5.72. The largest absolute Gasteiger partial charge is 0.477 e. The summed E-state index contributed by atoms with van der Waals surface area (Å²) in [5.74, 6) is -1.12. The summed E-state index contributed by atoms with van der Waals surface area (Å²) in [6.07, 6.45) is 0. The number of carboxylic acids is 1. The third-order valence-electron chi connectivity index (χ3n) is 4.51. The minimum atomic E-state index is -3.54. The third kappa shape index (κ3) is 4.41. The molecule has 0 aliphatic heterocycles. The van der Waals surface area contributed by atoms with Crippen molar-refractivity contribution >= 4 is 47.4 Å². The zero-order valence-electron chi connectivity index (χ0n) is 16.4. The maximum atomic E-state index is 13.6. The first-order chi connectivity index (χ1) is 13.6. The van der Waals surface area contributed by atoms with Crippen molar-refractivity contribution in [3.63, 3.8) is 0 Å². The number of aryl methyl sites for hydroxylation is 3. The number of benzene rings is 2. The van der Waals surface area contributed by atoms with Gasteiger partial charge in [-0.3, -0.25) is 4.57 Å². The van der Waals surface area contributed by atoms with Crippen LogP contribution >= 0.6 is 30.5 Å². The Morgan fingerprint density at radius 1 is 1.10 bits per heavy atom. The summed E-state index contributed by atoms with van der Waals surface area (Å²) in [4.78, 5) is 12.5. The first-order valence-corrected chi connectivity index (χ1v) is 11.6. The molecule has 0 saturated carbocycles. The predicted octanol–water partition coefficient (Wildman–Crippen LogP) is 6.27. The fraction of sp³-hybridized carbons (Fsp3) is 0.190. The van der Waals surface area contributed by atoms with E-state index in [9.17, 15) is 14.5 Å². The minimum Gasteiger partial charge on any atom is -0.477 e. The number of rotatable bonds is 6. The first kappa shape index (κ1) is 21.6. The number of carboxylic acid groups (broad SMARTS) is 1. The second-order valence-electron chi connectivity index (χ2n) is 6.78. The van der Waals surface area contributed by atoms with Crippen molar-refractivity contribution in [3.8, 4) is 10.4 Å². The average Bonchev–Trinajstić information content (AvgIpc) is 3.04. The molecule has 0 aliphatic rings. The maximum Gasteiger partial charge on any atom is 0.348 e. The lowest BCUT2D eigenvalue weighted by Crippen LogP contribution is -2.17. The molecular weight excluding hydrogens is 429 g/mol. The summed E-state index contributed by atoms with van der Waals surface area (Å²) in [5, 5.41) is 13.6. The van der Waals surface area contributed by atoms with Crippen LogP contribution in [0.4, 0.5) is 5.69 Å². The molecule has 3 rings (SSSR count). The Bertz CT molecular complexity index is 1140. The molecule has 5 nitrogen and oxygen atoms in total.